The molecule has 2 aliphatic heterocycles. The van der Waals surface area contributed by atoms with Crippen molar-refractivity contribution in [3.05, 3.63) is 35.4 Å². The van der Waals surface area contributed by atoms with Gasteiger partial charge in [-0.2, -0.15) is 0 Å². The third kappa shape index (κ3) is 4.47. The van der Waals surface area contributed by atoms with Gasteiger partial charge in [0.15, 0.2) is 0 Å². The molecule has 1 saturated heterocycles. The van der Waals surface area contributed by atoms with Gasteiger partial charge in [-0.1, -0.05) is 38.1 Å². The molecular weight excluding hydrogens is 322 g/mol. The molecule has 1 aromatic rings. The SMILES string of the molecule is CC(C)CC1c2ccccc2CCN1CC(=O)N1CCN(C(C)C)CC1. The molecule has 144 valence electrons. The molecule has 1 amide bonds. The van der Waals surface area contributed by atoms with Gasteiger partial charge in [-0.25, -0.2) is 0 Å². The normalized spacial score (nSPS) is 22.1. The number of fused-ring (bicyclic) bond motifs is 1. The van der Waals surface area contributed by atoms with Crippen LogP contribution in [0.1, 0.15) is 51.3 Å². The van der Waals surface area contributed by atoms with E-state index in [1.807, 2.05) is 0 Å². The Kier molecular flexibility index (Phi) is 6.36. The van der Waals surface area contributed by atoms with Gasteiger partial charge in [0, 0.05) is 44.8 Å². The average Bonchev–Trinajstić information content (AvgIpc) is 2.63. The maximum atomic E-state index is 13.0. The van der Waals surface area contributed by atoms with E-state index >= 15 is 0 Å². The number of carbonyl (C=O) groups is 1. The third-order valence-corrected chi connectivity index (χ3v) is 5.95. The van der Waals surface area contributed by atoms with Crippen molar-refractivity contribution in [2.45, 2.75) is 52.6 Å². The quantitative estimate of drug-likeness (QED) is 0.810. The molecule has 26 heavy (non-hydrogen) atoms. The molecule has 4 nitrogen and oxygen atoms in total. The van der Waals surface area contributed by atoms with Crippen molar-refractivity contribution in [2.24, 2.45) is 5.92 Å². The number of benzene rings is 1. The van der Waals surface area contributed by atoms with E-state index in [1.165, 1.54) is 11.1 Å². The number of rotatable bonds is 5. The van der Waals surface area contributed by atoms with Gasteiger partial charge < -0.3 is 4.90 Å². The topological polar surface area (TPSA) is 26.8 Å². The standard InChI is InChI=1S/C22H35N3O/c1-17(2)15-21-20-8-6-5-7-19(20)9-10-25(21)16-22(26)24-13-11-23(12-14-24)18(3)4/h5-8,17-18,21H,9-16H2,1-4H3. The summed E-state index contributed by atoms with van der Waals surface area (Å²) in [5.74, 6) is 0.930. The number of hydrogen-bond acceptors (Lipinski definition) is 3. The zero-order valence-corrected chi connectivity index (χ0v) is 16.9. The van der Waals surface area contributed by atoms with E-state index in [1.54, 1.807) is 0 Å². The Morgan fingerprint density at radius 2 is 1.73 bits per heavy atom. The van der Waals surface area contributed by atoms with E-state index in [0.717, 1.165) is 45.6 Å². The van der Waals surface area contributed by atoms with E-state index in [2.05, 4.69) is 66.7 Å². The second kappa shape index (κ2) is 8.53. The van der Waals surface area contributed by atoms with Crippen LogP contribution < -0.4 is 0 Å². The van der Waals surface area contributed by atoms with Crippen molar-refractivity contribution in [3.8, 4) is 0 Å². The van der Waals surface area contributed by atoms with Crippen LogP contribution in [-0.4, -0.2) is 65.9 Å². The summed E-state index contributed by atoms with van der Waals surface area (Å²) >= 11 is 0. The number of carbonyl (C=O) groups excluding carboxylic acids is 1. The Morgan fingerprint density at radius 1 is 1.04 bits per heavy atom. The maximum Gasteiger partial charge on any atom is 0.236 e. The second-order valence-corrected chi connectivity index (χ2v) is 8.58. The van der Waals surface area contributed by atoms with Crippen LogP contribution in [0.2, 0.25) is 0 Å². The molecule has 0 bridgehead atoms. The number of nitrogens with zero attached hydrogens (tertiary/aromatic N) is 3. The molecule has 0 radical (unpaired) electrons. The predicted molar refractivity (Wildman–Crippen MR) is 107 cm³/mol. The monoisotopic (exact) mass is 357 g/mol. The molecule has 0 N–H and O–H groups in total. The van der Waals surface area contributed by atoms with Crippen molar-refractivity contribution in [3.63, 3.8) is 0 Å². The first-order chi connectivity index (χ1) is 12.5. The second-order valence-electron chi connectivity index (χ2n) is 8.58. The lowest BCUT2D eigenvalue weighted by Crippen LogP contribution is -2.53. The lowest BCUT2D eigenvalue weighted by molar-refractivity contribution is -0.135. The van der Waals surface area contributed by atoms with Crippen LogP contribution in [-0.2, 0) is 11.2 Å². The summed E-state index contributed by atoms with van der Waals surface area (Å²) in [7, 11) is 0. The minimum atomic E-state index is 0.307. The molecule has 1 atom stereocenters. The van der Waals surface area contributed by atoms with Crippen LogP contribution >= 0.6 is 0 Å². The first-order valence-electron chi connectivity index (χ1n) is 10.3. The predicted octanol–water partition coefficient (Wildman–Crippen LogP) is 3.18. The number of piperazine rings is 1. The lowest BCUT2D eigenvalue weighted by Gasteiger charge is -2.41. The van der Waals surface area contributed by atoms with Crippen molar-refractivity contribution in [2.75, 3.05) is 39.3 Å². The fraction of sp³-hybridized carbons (Fsp3) is 0.682. The first kappa shape index (κ1) is 19.4. The summed E-state index contributed by atoms with van der Waals surface area (Å²) in [6.45, 7) is 14.3. The molecule has 0 spiro atoms. The fourth-order valence-electron chi connectivity index (χ4n) is 4.38. The van der Waals surface area contributed by atoms with Gasteiger partial charge in [0.2, 0.25) is 5.91 Å². The smallest absolute Gasteiger partial charge is 0.236 e. The molecule has 0 aromatic heterocycles. The summed E-state index contributed by atoms with van der Waals surface area (Å²) in [6.07, 6.45) is 2.17. The highest BCUT2D eigenvalue weighted by atomic mass is 16.2. The first-order valence-corrected chi connectivity index (χ1v) is 10.3. The van der Waals surface area contributed by atoms with Gasteiger partial charge in [0.1, 0.15) is 0 Å². The number of amides is 1. The van der Waals surface area contributed by atoms with E-state index in [4.69, 9.17) is 0 Å². The Labute approximate surface area is 159 Å². The van der Waals surface area contributed by atoms with Crippen molar-refractivity contribution >= 4 is 5.91 Å². The molecular formula is C22H35N3O. The van der Waals surface area contributed by atoms with E-state index < -0.39 is 0 Å². The number of hydrogen-bond donors (Lipinski definition) is 0. The molecule has 1 fully saturated rings. The van der Waals surface area contributed by atoms with Crippen LogP contribution in [0.15, 0.2) is 24.3 Å². The summed E-state index contributed by atoms with van der Waals surface area (Å²) in [5.41, 5.74) is 2.90. The molecule has 0 aliphatic carbocycles. The molecule has 0 saturated carbocycles. The molecule has 2 aliphatic rings. The lowest BCUT2D eigenvalue weighted by atomic mass is 9.87. The Hall–Kier alpha value is -1.39. The summed E-state index contributed by atoms with van der Waals surface area (Å²) in [5, 5.41) is 0. The van der Waals surface area contributed by atoms with Crippen molar-refractivity contribution in [1.82, 2.24) is 14.7 Å². The zero-order chi connectivity index (χ0) is 18.7. The Balaban J connectivity index is 1.65. The minimum absolute atomic E-state index is 0.307. The molecule has 3 rings (SSSR count). The van der Waals surface area contributed by atoms with Gasteiger partial charge in [0.25, 0.3) is 0 Å². The largest absolute Gasteiger partial charge is 0.339 e. The highest BCUT2D eigenvalue weighted by Crippen LogP contribution is 2.34. The highest BCUT2D eigenvalue weighted by molar-refractivity contribution is 5.78. The Morgan fingerprint density at radius 3 is 2.38 bits per heavy atom. The van der Waals surface area contributed by atoms with Gasteiger partial charge in [-0.15, -0.1) is 0 Å². The fourth-order valence-corrected chi connectivity index (χ4v) is 4.38. The third-order valence-electron chi connectivity index (χ3n) is 5.95. The summed E-state index contributed by atoms with van der Waals surface area (Å²) in [4.78, 5) is 19.9. The van der Waals surface area contributed by atoms with E-state index in [-0.39, 0.29) is 0 Å². The van der Waals surface area contributed by atoms with E-state index in [9.17, 15) is 4.79 Å². The summed E-state index contributed by atoms with van der Waals surface area (Å²) < 4.78 is 0. The van der Waals surface area contributed by atoms with Crippen LogP contribution in [0.4, 0.5) is 0 Å². The van der Waals surface area contributed by atoms with Crippen molar-refractivity contribution < 1.29 is 4.79 Å². The average molecular weight is 358 g/mol. The molecule has 1 aromatic carbocycles. The van der Waals surface area contributed by atoms with Gasteiger partial charge in [0.05, 0.1) is 6.54 Å². The van der Waals surface area contributed by atoms with E-state index in [0.29, 0.717) is 30.5 Å². The van der Waals surface area contributed by atoms with Gasteiger partial charge >= 0.3 is 0 Å². The van der Waals surface area contributed by atoms with Crippen LogP contribution in [0.25, 0.3) is 0 Å². The van der Waals surface area contributed by atoms with Gasteiger partial charge in [-0.3, -0.25) is 14.6 Å². The van der Waals surface area contributed by atoms with Crippen LogP contribution in [0, 0.1) is 5.92 Å². The Bertz CT molecular complexity index is 605. The molecule has 4 heteroatoms. The zero-order valence-electron chi connectivity index (χ0n) is 16.9. The van der Waals surface area contributed by atoms with Crippen LogP contribution in [0.3, 0.4) is 0 Å². The van der Waals surface area contributed by atoms with Crippen LogP contribution in [0.5, 0.6) is 0 Å². The maximum absolute atomic E-state index is 13.0. The molecule has 1 unspecified atom stereocenters. The summed E-state index contributed by atoms with van der Waals surface area (Å²) in [6, 6.07) is 9.75. The molecule has 2 heterocycles. The van der Waals surface area contributed by atoms with Gasteiger partial charge in [-0.05, 0) is 43.7 Å². The highest BCUT2D eigenvalue weighted by Gasteiger charge is 2.31. The van der Waals surface area contributed by atoms with Crippen molar-refractivity contribution in [1.29, 1.82) is 0 Å². The minimum Gasteiger partial charge on any atom is -0.339 e.